The maximum absolute atomic E-state index is 5.95. The molecule has 0 saturated carbocycles. The number of nitrogens with zero attached hydrogens (tertiary/aromatic N) is 3. The Labute approximate surface area is 165 Å². The van der Waals surface area contributed by atoms with Crippen LogP contribution in [0.4, 0.5) is 17.5 Å². The molecule has 1 N–H and O–H groups in total. The number of anilines is 3. The number of aryl methyl sites for hydroxylation is 1. The predicted molar refractivity (Wildman–Crippen MR) is 112 cm³/mol. The van der Waals surface area contributed by atoms with Crippen LogP contribution in [0.2, 0.25) is 5.02 Å². The van der Waals surface area contributed by atoms with Gasteiger partial charge in [-0.05, 0) is 56.0 Å². The molecule has 1 unspecified atom stereocenters. The quantitative estimate of drug-likeness (QED) is 0.664. The minimum Gasteiger partial charge on any atom is -0.370 e. The first-order valence-corrected chi connectivity index (χ1v) is 9.69. The Morgan fingerprint density at radius 2 is 1.89 bits per heavy atom. The van der Waals surface area contributed by atoms with Crippen molar-refractivity contribution in [2.45, 2.75) is 32.7 Å². The summed E-state index contributed by atoms with van der Waals surface area (Å²) in [6.45, 7) is 5.05. The Morgan fingerprint density at radius 3 is 2.70 bits per heavy atom. The highest BCUT2D eigenvalue weighted by Gasteiger charge is 2.28. The SMILES string of the molecule is Cc1cc(NCCc2ccc(Cl)cc2)nc(N2c3ccccc3CC2C)n1. The third-order valence-corrected chi connectivity index (χ3v) is 5.15. The first kappa shape index (κ1) is 17.8. The molecule has 27 heavy (non-hydrogen) atoms. The van der Waals surface area contributed by atoms with Crippen molar-refractivity contribution in [1.82, 2.24) is 9.97 Å². The molecule has 4 rings (SSSR count). The fourth-order valence-corrected chi connectivity index (χ4v) is 3.73. The molecule has 1 aliphatic heterocycles. The van der Waals surface area contributed by atoms with Crippen molar-refractivity contribution in [2.24, 2.45) is 0 Å². The van der Waals surface area contributed by atoms with E-state index in [9.17, 15) is 0 Å². The number of hydrogen-bond acceptors (Lipinski definition) is 4. The Morgan fingerprint density at radius 1 is 1.11 bits per heavy atom. The smallest absolute Gasteiger partial charge is 0.232 e. The number of para-hydroxylation sites is 1. The van der Waals surface area contributed by atoms with Gasteiger partial charge in [0.25, 0.3) is 0 Å². The normalized spacial score (nSPS) is 15.7. The molecule has 5 heteroatoms. The van der Waals surface area contributed by atoms with E-state index in [-0.39, 0.29) is 0 Å². The fourth-order valence-electron chi connectivity index (χ4n) is 3.61. The van der Waals surface area contributed by atoms with Crippen LogP contribution in [0, 0.1) is 6.92 Å². The number of nitrogens with one attached hydrogen (secondary N) is 1. The lowest BCUT2D eigenvalue weighted by Gasteiger charge is -2.23. The van der Waals surface area contributed by atoms with Crippen LogP contribution < -0.4 is 10.2 Å². The largest absolute Gasteiger partial charge is 0.370 e. The van der Waals surface area contributed by atoms with Crippen molar-refractivity contribution >= 4 is 29.1 Å². The molecular formula is C22H23ClN4. The van der Waals surface area contributed by atoms with E-state index in [1.807, 2.05) is 25.1 Å². The van der Waals surface area contributed by atoms with Gasteiger partial charge in [0.2, 0.25) is 5.95 Å². The average Bonchev–Trinajstić information content (AvgIpc) is 2.98. The van der Waals surface area contributed by atoms with E-state index in [1.165, 1.54) is 16.8 Å². The van der Waals surface area contributed by atoms with Crippen LogP contribution in [-0.2, 0) is 12.8 Å². The van der Waals surface area contributed by atoms with Gasteiger partial charge in [0.15, 0.2) is 0 Å². The summed E-state index contributed by atoms with van der Waals surface area (Å²) in [4.78, 5) is 11.7. The molecule has 2 heterocycles. The topological polar surface area (TPSA) is 41.1 Å². The van der Waals surface area contributed by atoms with Crippen molar-refractivity contribution in [3.63, 3.8) is 0 Å². The summed E-state index contributed by atoms with van der Waals surface area (Å²) >= 11 is 5.95. The van der Waals surface area contributed by atoms with Crippen LogP contribution in [0.15, 0.2) is 54.6 Å². The highest BCUT2D eigenvalue weighted by molar-refractivity contribution is 6.30. The van der Waals surface area contributed by atoms with Gasteiger partial charge in [-0.15, -0.1) is 0 Å². The van der Waals surface area contributed by atoms with Crippen LogP contribution in [-0.4, -0.2) is 22.6 Å². The van der Waals surface area contributed by atoms with Gasteiger partial charge in [0.1, 0.15) is 5.82 Å². The molecule has 0 aliphatic carbocycles. The molecule has 1 aromatic heterocycles. The van der Waals surface area contributed by atoms with E-state index in [4.69, 9.17) is 21.6 Å². The second-order valence-electron chi connectivity index (χ2n) is 7.05. The van der Waals surface area contributed by atoms with Gasteiger partial charge in [0.05, 0.1) is 0 Å². The second-order valence-corrected chi connectivity index (χ2v) is 7.49. The van der Waals surface area contributed by atoms with E-state index in [1.54, 1.807) is 0 Å². The molecule has 1 atom stereocenters. The van der Waals surface area contributed by atoms with Crippen LogP contribution in [0.3, 0.4) is 0 Å². The predicted octanol–water partition coefficient (Wildman–Crippen LogP) is 5.18. The molecule has 138 valence electrons. The summed E-state index contributed by atoms with van der Waals surface area (Å²) in [5, 5.41) is 4.21. The van der Waals surface area contributed by atoms with Gasteiger partial charge in [-0.2, -0.15) is 4.98 Å². The van der Waals surface area contributed by atoms with Crippen LogP contribution in [0.1, 0.15) is 23.7 Å². The van der Waals surface area contributed by atoms with E-state index >= 15 is 0 Å². The summed E-state index contributed by atoms with van der Waals surface area (Å²) in [6, 6.07) is 18.8. The molecule has 0 bridgehead atoms. The maximum Gasteiger partial charge on any atom is 0.232 e. The third kappa shape index (κ3) is 3.91. The minimum absolute atomic E-state index is 0.353. The molecule has 0 spiro atoms. The van der Waals surface area contributed by atoms with Crippen molar-refractivity contribution in [3.05, 3.63) is 76.4 Å². The summed E-state index contributed by atoms with van der Waals surface area (Å²) in [6.07, 6.45) is 1.94. The Bertz CT molecular complexity index is 939. The average molecular weight is 379 g/mol. The van der Waals surface area contributed by atoms with Gasteiger partial charge in [-0.1, -0.05) is 41.9 Å². The Kier molecular flexibility index (Phi) is 4.99. The van der Waals surface area contributed by atoms with Crippen molar-refractivity contribution < 1.29 is 0 Å². The number of aromatic nitrogens is 2. The highest BCUT2D eigenvalue weighted by Crippen LogP contribution is 2.36. The van der Waals surface area contributed by atoms with E-state index in [0.29, 0.717) is 6.04 Å². The second kappa shape index (κ2) is 7.57. The fraction of sp³-hybridized carbons (Fsp3) is 0.273. The molecule has 3 aromatic rings. The van der Waals surface area contributed by atoms with Gasteiger partial charge in [-0.3, -0.25) is 0 Å². The molecule has 2 aromatic carbocycles. The Hall–Kier alpha value is -2.59. The first-order valence-electron chi connectivity index (χ1n) is 9.31. The molecule has 1 aliphatic rings. The third-order valence-electron chi connectivity index (χ3n) is 4.90. The van der Waals surface area contributed by atoms with Gasteiger partial charge in [-0.25, -0.2) is 4.98 Å². The lowest BCUT2D eigenvalue weighted by Crippen LogP contribution is -2.26. The first-order chi connectivity index (χ1) is 13.1. The number of benzene rings is 2. The molecule has 0 saturated heterocycles. The summed E-state index contributed by atoms with van der Waals surface area (Å²) in [7, 11) is 0. The molecule has 0 fully saturated rings. The molecule has 4 nitrogen and oxygen atoms in total. The lowest BCUT2D eigenvalue weighted by molar-refractivity contribution is 0.738. The summed E-state index contributed by atoms with van der Waals surface area (Å²) in [5.41, 5.74) is 4.78. The number of fused-ring (bicyclic) bond motifs is 1. The Balaban J connectivity index is 1.51. The standard InChI is InChI=1S/C22H23ClN4/c1-15-13-21(24-12-11-17-7-9-19(23)10-8-17)26-22(25-15)27-16(2)14-18-5-3-4-6-20(18)27/h3-10,13,16H,11-12,14H2,1-2H3,(H,24,25,26). The van der Waals surface area contributed by atoms with E-state index in [2.05, 4.69) is 53.5 Å². The summed E-state index contributed by atoms with van der Waals surface area (Å²) < 4.78 is 0. The minimum atomic E-state index is 0.353. The maximum atomic E-state index is 5.95. The van der Waals surface area contributed by atoms with Crippen molar-refractivity contribution in [1.29, 1.82) is 0 Å². The number of rotatable bonds is 5. The van der Waals surface area contributed by atoms with Crippen LogP contribution >= 0.6 is 11.6 Å². The number of halogens is 1. The van der Waals surface area contributed by atoms with E-state index < -0.39 is 0 Å². The number of hydrogen-bond donors (Lipinski definition) is 1. The van der Waals surface area contributed by atoms with Gasteiger partial charge >= 0.3 is 0 Å². The molecular weight excluding hydrogens is 356 g/mol. The van der Waals surface area contributed by atoms with Gasteiger partial charge in [0, 0.05) is 35.1 Å². The molecule has 0 amide bonds. The molecule has 0 radical (unpaired) electrons. The van der Waals surface area contributed by atoms with Crippen molar-refractivity contribution in [3.8, 4) is 0 Å². The van der Waals surface area contributed by atoms with Crippen LogP contribution in [0.25, 0.3) is 0 Å². The lowest BCUT2D eigenvalue weighted by atomic mass is 10.1. The summed E-state index contributed by atoms with van der Waals surface area (Å²) in [5.74, 6) is 1.63. The monoisotopic (exact) mass is 378 g/mol. The van der Waals surface area contributed by atoms with Crippen LogP contribution in [0.5, 0.6) is 0 Å². The van der Waals surface area contributed by atoms with Gasteiger partial charge < -0.3 is 10.2 Å². The van der Waals surface area contributed by atoms with E-state index in [0.717, 1.165) is 41.9 Å². The zero-order valence-electron chi connectivity index (χ0n) is 15.6. The zero-order valence-corrected chi connectivity index (χ0v) is 16.4. The zero-order chi connectivity index (χ0) is 18.8. The highest BCUT2D eigenvalue weighted by atomic mass is 35.5. The van der Waals surface area contributed by atoms with Crippen molar-refractivity contribution in [2.75, 3.05) is 16.8 Å².